The molecule has 2 nitrogen and oxygen atoms in total. The number of rotatable bonds is 7. The van der Waals surface area contributed by atoms with Crippen LogP contribution in [0.3, 0.4) is 0 Å². The fourth-order valence-corrected chi connectivity index (χ4v) is 2.16. The molecule has 17 heavy (non-hydrogen) atoms. The van der Waals surface area contributed by atoms with E-state index in [1.54, 1.807) is 0 Å². The van der Waals surface area contributed by atoms with E-state index in [4.69, 9.17) is 5.73 Å². The molecule has 0 spiro atoms. The molecule has 0 aliphatic carbocycles. The Morgan fingerprint density at radius 3 is 2.35 bits per heavy atom. The van der Waals surface area contributed by atoms with Crippen molar-refractivity contribution in [2.75, 3.05) is 6.54 Å². The maximum absolute atomic E-state index is 6.01. The van der Waals surface area contributed by atoms with Crippen LogP contribution < -0.4 is 11.1 Å². The third kappa shape index (κ3) is 4.14. The Bertz CT molecular complexity index is 304. The first kappa shape index (κ1) is 14.2. The Kier molecular flexibility index (Phi) is 5.66. The minimum absolute atomic E-state index is 0.0385. The van der Waals surface area contributed by atoms with Gasteiger partial charge in [-0.25, -0.2) is 0 Å². The van der Waals surface area contributed by atoms with Gasteiger partial charge in [-0.1, -0.05) is 44.2 Å². The summed E-state index contributed by atoms with van der Waals surface area (Å²) >= 11 is 0. The van der Waals surface area contributed by atoms with Crippen LogP contribution >= 0.6 is 0 Å². The van der Waals surface area contributed by atoms with Crippen molar-refractivity contribution in [1.82, 2.24) is 5.32 Å². The van der Waals surface area contributed by atoms with Crippen LogP contribution in [0.15, 0.2) is 30.3 Å². The van der Waals surface area contributed by atoms with Crippen LogP contribution in [0, 0.1) is 0 Å². The van der Waals surface area contributed by atoms with Crippen molar-refractivity contribution in [3.8, 4) is 0 Å². The molecule has 2 unspecified atom stereocenters. The van der Waals surface area contributed by atoms with Gasteiger partial charge in [0.25, 0.3) is 0 Å². The summed E-state index contributed by atoms with van der Waals surface area (Å²) in [4.78, 5) is 0. The molecule has 0 amide bonds. The van der Waals surface area contributed by atoms with Gasteiger partial charge in [0.05, 0.1) is 0 Å². The average molecular weight is 234 g/mol. The molecule has 0 saturated heterocycles. The van der Waals surface area contributed by atoms with E-state index in [1.807, 2.05) is 0 Å². The van der Waals surface area contributed by atoms with Crippen molar-refractivity contribution in [1.29, 1.82) is 0 Å². The SMILES string of the molecule is CCC(C)NC(CC)(CN)Cc1ccccc1. The van der Waals surface area contributed by atoms with Gasteiger partial charge >= 0.3 is 0 Å². The smallest absolute Gasteiger partial charge is 0.0344 e. The summed E-state index contributed by atoms with van der Waals surface area (Å²) in [5.74, 6) is 0. The van der Waals surface area contributed by atoms with Crippen molar-refractivity contribution in [2.24, 2.45) is 5.73 Å². The zero-order chi connectivity index (χ0) is 12.7. The second-order valence-electron chi connectivity index (χ2n) is 4.95. The van der Waals surface area contributed by atoms with Crippen molar-refractivity contribution in [3.05, 3.63) is 35.9 Å². The van der Waals surface area contributed by atoms with Gasteiger partial charge < -0.3 is 11.1 Å². The minimum Gasteiger partial charge on any atom is -0.329 e. The highest BCUT2D eigenvalue weighted by Gasteiger charge is 2.27. The second-order valence-corrected chi connectivity index (χ2v) is 4.95. The molecule has 0 aliphatic heterocycles. The Balaban J connectivity index is 2.77. The van der Waals surface area contributed by atoms with Crippen molar-refractivity contribution >= 4 is 0 Å². The molecule has 1 aromatic carbocycles. The number of nitrogens with two attached hydrogens (primary N) is 1. The van der Waals surface area contributed by atoms with Gasteiger partial charge in [-0.2, -0.15) is 0 Å². The normalized spacial score (nSPS) is 16.5. The van der Waals surface area contributed by atoms with Gasteiger partial charge in [-0.05, 0) is 31.7 Å². The highest BCUT2D eigenvalue weighted by atomic mass is 15.0. The van der Waals surface area contributed by atoms with E-state index in [-0.39, 0.29) is 5.54 Å². The molecular formula is C15H26N2. The van der Waals surface area contributed by atoms with Gasteiger partial charge in [-0.3, -0.25) is 0 Å². The fraction of sp³-hybridized carbons (Fsp3) is 0.600. The fourth-order valence-electron chi connectivity index (χ4n) is 2.16. The van der Waals surface area contributed by atoms with Gasteiger partial charge in [0.2, 0.25) is 0 Å². The van der Waals surface area contributed by atoms with Crippen LogP contribution in [0.1, 0.15) is 39.2 Å². The zero-order valence-electron chi connectivity index (χ0n) is 11.4. The van der Waals surface area contributed by atoms with Gasteiger partial charge in [0, 0.05) is 18.1 Å². The van der Waals surface area contributed by atoms with Crippen LogP contribution in [0.4, 0.5) is 0 Å². The summed E-state index contributed by atoms with van der Waals surface area (Å²) in [5, 5.41) is 3.70. The lowest BCUT2D eigenvalue weighted by Gasteiger charge is -2.36. The maximum atomic E-state index is 6.01. The zero-order valence-corrected chi connectivity index (χ0v) is 11.4. The second kappa shape index (κ2) is 6.77. The molecule has 2 atom stereocenters. The molecule has 0 aromatic heterocycles. The molecular weight excluding hydrogens is 208 g/mol. The van der Waals surface area contributed by atoms with Crippen LogP contribution in [0.2, 0.25) is 0 Å². The topological polar surface area (TPSA) is 38.0 Å². The van der Waals surface area contributed by atoms with Crippen LogP contribution in [0.25, 0.3) is 0 Å². The van der Waals surface area contributed by atoms with Gasteiger partial charge in [0.15, 0.2) is 0 Å². The predicted molar refractivity (Wildman–Crippen MR) is 75.1 cm³/mol. The van der Waals surface area contributed by atoms with E-state index in [0.29, 0.717) is 12.6 Å². The van der Waals surface area contributed by atoms with Crippen LogP contribution in [-0.2, 0) is 6.42 Å². The summed E-state index contributed by atoms with van der Waals surface area (Å²) in [7, 11) is 0. The number of hydrogen-bond donors (Lipinski definition) is 2. The first-order chi connectivity index (χ1) is 8.15. The monoisotopic (exact) mass is 234 g/mol. The Morgan fingerprint density at radius 1 is 1.24 bits per heavy atom. The third-order valence-corrected chi connectivity index (χ3v) is 3.62. The van der Waals surface area contributed by atoms with Gasteiger partial charge in [-0.15, -0.1) is 0 Å². The minimum atomic E-state index is 0.0385. The summed E-state index contributed by atoms with van der Waals surface area (Å²) < 4.78 is 0. The predicted octanol–water partition coefficient (Wildman–Crippen LogP) is 2.72. The number of hydrogen-bond acceptors (Lipinski definition) is 2. The lowest BCUT2D eigenvalue weighted by molar-refractivity contribution is 0.282. The first-order valence-electron chi connectivity index (χ1n) is 6.67. The maximum Gasteiger partial charge on any atom is 0.0344 e. The Morgan fingerprint density at radius 2 is 1.88 bits per heavy atom. The van der Waals surface area contributed by atoms with Crippen molar-refractivity contribution < 1.29 is 0 Å². The van der Waals surface area contributed by atoms with E-state index in [0.717, 1.165) is 19.3 Å². The van der Waals surface area contributed by atoms with E-state index in [9.17, 15) is 0 Å². The van der Waals surface area contributed by atoms with E-state index in [2.05, 4.69) is 56.4 Å². The molecule has 3 N–H and O–H groups in total. The standard InChI is InChI=1S/C15H26N2/c1-4-13(3)17-15(5-2,12-16)11-14-9-7-6-8-10-14/h6-10,13,17H,4-5,11-12,16H2,1-3H3. The average Bonchev–Trinajstić information content (AvgIpc) is 2.39. The lowest BCUT2D eigenvalue weighted by atomic mass is 9.87. The highest BCUT2D eigenvalue weighted by Crippen LogP contribution is 2.18. The van der Waals surface area contributed by atoms with E-state index < -0.39 is 0 Å². The summed E-state index contributed by atoms with van der Waals surface area (Å²) in [6.45, 7) is 7.33. The summed E-state index contributed by atoms with van der Waals surface area (Å²) in [5.41, 5.74) is 7.40. The van der Waals surface area contributed by atoms with Crippen LogP contribution in [-0.4, -0.2) is 18.1 Å². The lowest BCUT2D eigenvalue weighted by Crippen LogP contribution is -2.55. The summed E-state index contributed by atoms with van der Waals surface area (Å²) in [6, 6.07) is 11.1. The molecule has 96 valence electrons. The molecule has 0 saturated carbocycles. The van der Waals surface area contributed by atoms with E-state index >= 15 is 0 Å². The highest BCUT2D eigenvalue weighted by molar-refractivity contribution is 5.18. The molecule has 0 heterocycles. The molecule has 1 aromatic rings. The van der Waals surface area contributed by atoms with Crippen molar-refractivity contribution in [2.45, 2.75) is 51.6 Å². The first-order valence-corrected chi connectivity index (χ1v) is 6.67. The Labute approximate surface area is 106 Å². The summed E-state index contributed by atoms with van der Waals surface area (Å²) in [6.07, 6.45) is 3.20. The molecule has 0 radical (unpaired) electrons. The van der Waals surface area contributed by atoms with Crippen LogP contribution in [0.5, 0.6) is 0 Å². The molecule has 0 fully saturated rings. The van der Waals surface area contributed by atoms with E-state index in [1.165, 1.54) is 5.56 Å². The third-order valence-electron chi connectivity index (χ3n) is 3.62. The molecule has 2 heteroatoms. The largest absolute Gasteiger partial charge is 0.329 e. The Hall–Kier alpha value is -0.860. The molecule has 0 bridgehead atoms. The van der Waals surface area contributed by atoms with Gasteiger partial charge in [0.1, 0.15) is 0 Å². The van der Waals surface area contributed by atoms with Crippen molar-refractivity contribution in [3.63, 3.8) is 0 Å². The molecule has 1 rings (SSSR count). The molecule has 0 aliphatic rings. The number of benzene rings is 1. The quantitative estimate of drug-likeness (QED) is 0.761. The number of nitrogens with one attached hydrogen (secondary N) is 1.